The number of amides is 1. The Kier molecular flexibility index (Phi) is 4.99. The zero-order valence-electron chi connectivity index (χ0n) is 12.2. The van der Waals surface area contributed by atoms with Crippen LogP contribution in [-0.4, -0.2) is 43.7 Å². The zero-order valence-corrected chi connectivity index (χ0v) is 12.2. The van der Waals surface area contributed by atoms with Gasteiger partial charge < -0.3 is 14.4 Å². The minimum Gasteiger partial charge on any atom is -0.496 e. The first-order valence-electron chi connectivity index (χ1n) is 6.86. The van der Waals surface area contributed by atoms with Gasteiger partial charge in [0.05, 0.1) is 18.8 Å². The van der Waals surface area contributed by atoms with Crippen molar-refractivity contribution in [1.82, 2.24) is 4.90 Å². The third kappa shape index (κ3) is 3.20. The van der Waals surface area contributed by atoms with Crippen molar-refractivity contribution < 1.29 is 23.0 Å². The van der Waals surface area contributed by atoms with Gasteiger partial charge in [-0.1, -0.05) is 18.1 Å². The second-order valence-corrected chi connectivity index (χ2v) is 4.95. The van der Waals surface area contributed by atoms with Crippen LogP contribution in [0.2, 0.25) is 0 Å². The quantitative estimate of drug-likeness (QED) is 0.781. The second kappa shape index (κ2) is 6.75. The minimum atomic E-state index is -3.65. The molecule has 6 heteroatoms. The zero-order chi connectivity index (χ0) is 16.2. The number of hydrogen-bond donors (Lipinski definition) is 0. The average molecular weight is 309 g/mol. The van der Waals surface area contributed by atoms with Crippen LogP contribution in [0.4, 0.5) is 8.78 Å². The van der Waals surface area contributed by atoms with Crippen LogP contribution in [-0.2, 0) is 15.5 Å². The Morgan fingerprint density at radius 3 is 2.91 bits per heavy atom. The number of terminal acetylenes is 1. The maximum absolute atomic E-state index is 14.5. The molecule has 0 aliphatic carbocycles. The Hall–Kier alpha value is -2.13. The number of methoxy groups -OCH3 is 1. The molecule has 0 N–H and O–H groups in total. The monoisotopic (exact) mass is 309 g/mol. The van der Waals surface area contributed by atoms with Gasteiger partial charge in [0.1, 0.15) is 12.4 Å². The van der Waals surface area contributed by atoms with Crippen LogP contribution in [0.5, 0.6) is 5.75 Å². The fourth-order valence-electron chi connectivity index (χ4n) is 2.43. The van der Waals surface area contributed by atoms with E-state index in [4.69, 9.17) is 15.9 Å². The van der Waals surface area contributed by atoms with Crippen molar-refractivity contribution in [3.63, 3.8) is 0 Å². The number of carbonyl (C=O) groups excluding carboxylic acids is 1. The maximum Gasteiger partial charge on any atom is 0.353 e. The third-order valence-corrected chi connectivity index (χ3v) is 3.55. The number of hydrogen-bond acceptors (Lipinski definition) is 3. The molecule has 2 rings (SSSR count). The Balaban J connectivity index is 2.13. The molecule has 0 aromatic heterocycles. The number of rotatable bonds is 5. The van der Waals surface area contributed by atoms with Crippen molar-refractivity contribution in [3.05, 3.63) is 29.8 Å². The second-order valence-electron chi connectivity index (χ2n) is 4.95. The number of likely N-dealkylation sites (tertiary alicyclic amines) is 1. The van der Waals surface area contributed by atoms with Crippen LogP contribution in [0.1, 0.15) is 12.0 Å². The van der Waals surface area contributed by atoms with Crippen LogP contribution >= 0.6 is 0 Å². The fourth-order valence-corrected chi connectivity index (χ4v) is 2.43. The van der Waals surface area contributed by atoms with E-state index in [9.17, 15) is 13.6 Å². The first-order valence-corrected chi connectivity index (χ1v) is 6.86. The van der Waals surface area contributed by atoms with Gasteiger partial charge in [-0.15, -0.1) is 6.42 Å². The molecule has 0 bridgehead atoms. The van der Waals surface area contributed by atoms with Gasteiger partial charge in [-0.05, 0) is 18.6 Å². The normalized spacial score (nSPS) is 18.1. The van der Waals surface area contributed by atoms with E-state index in [1.54, 1.807) is 6.07 Å². The molecule has 0 saturated carbocycles. The molecule has 1 fully saturated rings. The molecule has 0 unspecified atom stereocenters. The topological polar surface area (TPSA) is 38.8 Å². The van der Waals surface area contributed by atoms with E-state index in [1.807, 2.05) is 0 Å². The maximum atomic E-state index is 14.5. The smallest absolute Gasteiger partial charge is 0.353 e. The summed E-state index contributed by atoms with van der Waals surface area (Å²) in [5.74, 6) is -2.59. The van der Waals surface area contributed by atoms with Crippen LogP contribution in [0.25, 0.3) is 0 Å². The SMILES string of the molecule is C#CCO[C@@H]1CCN(C(=O)C(F)(F)c2ccccc2OC)C1. The summed E-state index contributed by atoms with van der Waals surface area (Å²) in [6, 6.07) is 5.61. The lowest BCUT2D eigenvalue weighted by Gasteiger charge is -2.24. The lowest BCUT2D eigenvalue weighted by Crippen LogP contribution is -2.41. The van der Waals surface area contributed by atoms with Gasteiger partial charge >= 0.3 is 5.92 Å². The van der Waals surface area contributed by atoms with Crippen LogP contribution in [0.3, 0.4) is 0 Å². The van der Waals surface area contributed by atoms with Gasteiger partial charge in [0, 0.05) is 13.1 Å². The molecular weight excluding hydrogens is 292 g/mol. The molecule has 4 nitrogen and oxygen atoms in total. The first kappa shape index (κ1) is 16.2. The van der Waals surface area contributed by atoms with E-state index < -0.39 is 17.4 Å². The summed E-state index contributed by atoms with van der Waals surface area (Å²) in [7, 11) is 1.29. The Morgan fingerprint density at radius 2 is 2.23 bits per heavy atom. The summed E-state index contributed by atoms with van der Waals surface area (Å²) in [4.78, 5) is 13.3. The molecular formula is C16H17F2NO3. The highest BCUT2D eigenvalue weighted by atomic mass is 19.3. The van der Waals surface area contributed by atoms with Crippen molar-refractivity contribution >= 4 is 5.91 Å². The standard InChI is InChI=1S/C16H17F2NO3/c1-3-10-22-12-8-9-19(11-12)15(20)16(17,18)13-6-4-5-7-14(13)21-2/h1,4-7,12H,8-11H2,2H3/t12-/m1/s1. The largest absolute Gasteiger partial charge is 0.496 e. The predicted molar refractivity (Wildman–Crippen MR) is 76.7 cm³/mol. The molecule has 0 radical (unpaired) electrons. The molecule has 1 aliphatic heterocycles. The minimum absolute atomic E-state index is 0.0137. The highest BCUT2D eigenvalue weighted by molar-refractivity contribution is 5.86. The predicted octanol–water partition coefficient (Wildman–Crippen LogP) is 2.04. The van der Waals surface area contributed by atoms with E-state index in [0.29, 0.717) is 6.42 Å². The average Bonchev–Trinajstić information content (AvgIpc) is 3.00. The summed E-state index contributed by atoms with van der Waals surface area (Å²) in [6.07, 6.45) is 5.29. The Morgan fingerprint density at radius 1 is 1.50 bits per heavy atom. The Labute approximate surface area is 128 Å². The lowest BCUT2D eigenvalue weighted by molar-refractivity contribution is -0.158. The van der Waals surface area contributed by atoms with Crippen LogP contribution < -0.4 is 4.74 Å². The number of benzene rings is 1. The van der Waals surface area contributed by atoms with Crippen molar-refractivity contribution in [1.29, 1.82) is 0 Å². The summed E-state index contributed by atoms with van der Waals surface area (Å²) < 4.78 is 39.2. The van der Waals surface area contributed by atoms with Crippen molar-refractivity contribution in [3.8, 4) is 18.1 Å². The molecule has 1 atom stereocenters. The molecule has 1 aromatic carbocycles. The fraction of sp³-hybridized carbons (Fsp3) is 0.438. The van der Waals surface area contributed by atoms with Gasteiger partial charge in [0.2, 0.25) is 0 Å². The first-order chi connectivity index (χ1) is 10.5. The molecule has 1 saturated heterocycles. The van der Waals surface area contributed by atoms with Crippen molar-refractivity contribution in [2.24, 2.45) is 0 Å². The van der Waals surface area contributed by atoms with Gasteiger partial charge in [-0.25, -0.2) is 0 Å². The van der Waals surface area contributed by atoms with E-state index in [-0.39, 0.29) is 31.5 Å². The van der Waals surface area contributed by atoms with Gasteiger partial charge in [-0.2, -0.15) is 8.78 Å². The third-order valence-electron chi connectivity index (χ3n) is 3.55. The van der Waals surface area contributed by atoms with E-state index in [1.165, 1.54) is 25.3 Å². The molecule has 118 valence electrons. The van der Waals surface area contributed by atoms with E-state index in [2.05, 4.69) is 5.92 Å². The number of halogens is 2. The van der Waals surface area contributed by atoms with Crippen molar-refractivity contribution in [2.75, 3.05) is 26.8 Å². The number of alkyl halides is 2. The number of nitrogens with zero attached hydrogens (tertiary/aromatic N) is 1. The molecule has 1 aromatic rings. The lowest BCUT2D eigenvalue weighted by atomic mass is 10.1. The number of carbonyl (C=O) groups is 1. The van der Waals surface area contributed by atoms with E-state index in [0.717, 1.165) is 4.90 Å². The molecule has 1 aliphatic rings. The molecule has 0 spiro atoms. The van der Waals surface area contributed by atoms with E-state index >= 15 is 0 Å². The molecule has 22 heavy (non-hydrogen) atoms. The van der Waals surface area contributed by atoms with Crippen LogP contribution in [0, 0.1) is 12.3 Å². The number of ether oxygens (including phenoxy) is 2. The summed E-state index contributed by atoms with van der Waals surface area (Å²) in [6.45, 7) is 0.444. The van der Waals surface area contributed by atoms with Crippen molar-refractivity contribution in [2.45, 2.75) is 18.4 Å². The molecule has 1 amide bonds. The number of para-hydroxylation sites is 1. The summed E-state index contributed by atoms with van der Waals surface area (Å²) >= 11 is 0. The Bertz CT molecular complexity index is 583. The highest BCUT2D eigenvalue weighted by Crippen LogP contribution is 2.37. The van der Waals surface area contributed by atoms with Gasteiger partial charge in [0.25, 0.3) is 5.91 Å². The summed E-state index contributed by atoms with van der Waals surface area (Å²) in [5, 5.41) is 0. The summed E-state index contributed by atoms with van der Waals surface area (Å²) in [5.41, 5.74) is -0.435. The van der Waals surface area contributed by atoms with Crippen LogP contribution in [0.15, 0.2) is 24.3 Å². The van der Waals surface area contributed by atoms with Gasteiger partial charge in [-0.3, -0.25) is 4.79 Å². The van der Waals surface area contributed by atoms with Gasteiger partial charge in [0.15, 0.2) is 0 Å². The molecule has 1 heterocycles. The highest BCUT2D eigenvalue weighted by Gasteiger charge is 2.47.